The summed E-state index contributed by atoms with van der Waals surface area (Å²) in [6.45, 7) is 5.27. The van der Waals surface area contributed by atoms with E-state index in [0.29, 0.717) is 12.4 Å². The first-order chi connectivity index (χ1) is 6.27. The van der Waals surface area contributed by atoms with Gasteiger partial charge in [-0.1, -0.05) is 6.58 Å². The molecule has 13 heavy (non-hydrogen) atoms. The van der Waals surface area contributed by atoms with Crippen molar-refractivity contribution in [2.24, 2.45) is 0 Å². The largest absolute Gasteiger partial charge is 0.319 e. The van der Waals surface area contributed by atoms with E-state index in [4.69, 9.17) is 5.26 Å². The molecule has 0 amide bonds. The van der Waals surface area contributed by atoms with E-state index >= 15 is 0 Å². The molecule has 1 heterocycles. The zero-order chi connectivity index (χ0) is 9.68. The quantitative estimate of drug-likeness (QED) is 0.681. The zero-order valence-electron chi connectivity index (χ0n) is 7.62. The fourth-order valence-electron chi connectivity index (χ4n) is 1.10. The lowest BCUT2D eigenvalue weighted by molar-refractivity contribution is 0.726. The second-order valence-electron chi connectivity index (χ2n) is 2.77. The molecular formula is C9H12N4. The first-order valence-electron chi connectivity index (χ1n) is 4.00. The van der Waals surface area contributed by atoms with Gasteiger partial charge in [-0.2, -0.15) is 5.26 Å². The number of likely N-dealkylation sites (N-methyl/N-ethyl adjacent to an activating group) is 1. The van der Waals surface area contributed by atoms with Crippen LogP contribution in [0.3, 0.4) is 0 Å². The first kappa shape index (κ1) is 9.49. The molecule has 1 aromatic heterocycles. The molecule has 0 saturated carbocycles. The van der Waals surface area contributed by atoms with Crippen LogP contribution in [0.5, 0.6) is 0 Å². The molecule has 0 spiro atoms. The fraction of sp³-hybridized carbons (Fsp3) is 0.333. The van der Waals surface area contributed by atoms with Crippen LogP contribution in [0, 0.1) is 11.3 Å². The van der Waals surface area contributed by atoms with E-state index in [-0.39, 0.29) is 0 Å². The average molecular weight is 176 g/mol. The van der Waals surface area contributed by atoms with Gasteiger partial charge in [0.05, 0.1) is 0 Å². The molecule has 0 aromatic carbocycles. The lowest BCUT2D eigenvalue weighted by Gasteiger charge is -2.05. The van der Waals surface area contributed by atoms with Crippen molar-refractivity contribution >= 4 is 0 Å². The van der Waals surface area contributed by atoms with Crippen molar-refractivity contribution in [2.75, 3.05) is 13.6 Å². The second-order valence-corrected chi connectivity index (χ2v) is 2.77. The van der Waals surface area contributed by atoms with Crippen molar-refractivity contribution in [3.8, 4) is 6.07 Å². The van der Waals surface area contributed by atoms with Gasteiger partial charge in [0.25, 0.3) is 0 Å². The van der Waals surface area contributed by atoms with Crippen molar-refractivity contribution in [1.82, 2.24) is 14.9 Å². The Bertz CT molecular complexity index is 332. The number of nitrogens with one attached hydrogen (secondary N) is 1. The van der Waals surface area contributed by atoms with Crippen LogP contribution in [0.25, 0.3) is 0 Å². The molecule has 1 aromatic rings. The molecule has 0 unspecified atom stereocenters. The summed E-state index contributed by atoms with van der Waals surface area (Å²) < 4.78 is 1.78. The maximum atomic E-state index is 8.67. The van der Waals surface area contributed by atoms with E-state index in [0.717, 1.165) is 12.1 Å². The molecule has 1 N–H and O–H groups in total. The third-order valence-corrected chi connectivity index (χ3v) is 1.64. The fourth-order valence-corrected chi connectivity index (χ4v) is 1.10. The molecule has 0 fully saturated rings. The van der Waals surface area contributed by atoms with Crippen molar-refractivity contribution in [3.05, 3.63) is 30.4 Å². The Hall–Kier alpha value is -1.60. The molecule has 1 rings (SSSR count). The maximum Gasteiger partial charge on any atom is 0.213 e. The van der Waals surface area contributed by atoms with Gasteiger partial charge in [-0.15, -0.1) is 0 Å². The van der Waals surface area contributed by atoms with E-state index < -0.39 is 0 Å². The topological polar surface area (TPSA) is 53.6 Å². The van der Waals surface area contributed by atoms with Gasteiger partial charge in [0.1, 0.15) is 6.07 Å². The molecule has 0 aliphatic rings. The Labute approximate surface area is 77.5 Å². The van der Waals surface area contributed by atoms with Gasteiger partial charge in [0.15, 0.2) is 0 Å². The molecular weight excluding hydrogens is 164 g/mol. The number of aromatic nitrogens is 2. The third-order valence-electron chi connectivity index (χ3n) is 1.64. The van der Waals surface area contributed by atoms with Gasteiger partial charge in [-0.05, 0) is 12.6 Å². The molecule has 0 atom stereocenters. The molecule has 4 nitrogen and oxygen atoms in total. The Morgan fingerprint density at radius 3 is 3.23 bits per heavy atom. The predicted molar refractivity (Wildman–Crippen MR) is 50.0 cm³/mol. The molecule has 4 heteroatoms. The van der Waals surface area contributed by atoms with Crippen LogP contribution in [0.1, 0.15) is 5.82 Å². The summed E-state index contributed by atoms with van der Waals surface area (Å²) in [4.78, 5) is 3.89. The third kappa shape index (κ3) is 2.42. The summed E-state index contributed by atoms with van der Waals surface area (Å²) in [7, 11) is 1.87. The molecule has 0 aliphatic carbocycles. The first-order valence-corrected chi connectivity index (χ1v) is 4.00. The minimum atomic E-state index is 0.428. The molecule has 0 radical (unpaired) electrons. The summed E-state index contributed by atoms with van der Waals surface area (Å²) in [5.74, 6) is 0.428. The molecule has 68 valence electrons. The lowest BCUT2D eigenvalue weighted by atomic mass is 10.3. The molecule has 0 aliphatic heterocycles. The summed E-state index contributed by atoms with van der Waals surface area (Å²) in [5.41, 5.74) is 1.03. The van der Waals surface area contributed by atoms with Crippen molar-refractivity contribution in [3.63, 3.8) is 0 Å². The lowest BCUT2D eigenvalue weighted by Crippen LogP contribution is -2.14. The monoisotopic (exact) mass is 176 g/mol. The van der Waals surface area contributed by atoms with Crippen LogP contribution in [0.4, 0.5) is 0 Å². The highest BCUT2D eigenvalue weighted by atomic mass is 15.1. The van der Waals surface area contributed by atoms with E-state index in [1.165, 1.54) is 0 Å². The van der Waals surface area contributed by atoms with Crippen LogP contribution in [-0.4, -0.2) is 23.1 Å². The van der Waals surface area contributed by atoms with Crippen LogP contribution < -0.4 is 5.32 Å². The highest BCUT2D eigenvalue weighted by Gasteiger charge is 2.01. The van der Waals surface area contributed by atoms with E-state index in [1.54, 1.807) is 17.0 Å². The Morgan fingerprint density at radius 1 is 1.85 bits per heavy atom. The summed E-state index contributed by atoms with van der Waals surface area (Å²) in [6, 6.07) is 2.01. The highest BCUT2D eigenvalue weighted by molar-refractivity contribution is 5.13. The maximum absolute atomic E-state index is 8.67. The minimum Gasteiger partial charge on any atom is -0.319 e. The standard InChI is InChI=1S/C9H12N4/c1-8(6-11-2)7-13-4-3-12-9(13)5-10/h3-4,11H,1,6-7H2,2H3. The predicted octanol–water partition coefficient (Wildman–Crippen LogP) is 0.530. The average Bonchev–Trinajstić information content (AvgIpc) is 2.52. The van der Waals surface area contributed by atoms with Gasteiger partial charge in [-0.25, -0.2) is 4.98 Å². The number of imidazole rings is 1. The molecule has 0 bridgehead atoms. The van der Waals surface area contributed by atoms with Crippen LogP contribution >= 0.6 is 0 Å². The van der Waals surface area contributed by atoms with Gasteiger partial charge >= 0.3 is 0 Å². The highest BCUT2D eigenvalue weighted by Crippen LogP contribution is 2.00. The van der Waals surface area contributed by atoms with Crippen molar-refractivity contribution in [2.45, 2.75) is 6.54 Å². The normalized spacial score (nSPS) is 9.54. The van der Waals surface area contributed by atoms with Crippen LogP contribution in [0.2, 0.25) is 0 Å². The summed E-state index contributed by atoms with van der Waals surface area (Å²) in [6.07, 6.45) is 3.39. The Kier molecular flexibility index (Phi) is 3.23. The summed E-state index contributed by atoms with van der Waals surface area (Å²) >= 11 is 0. The van der Waals surface area contributed by atoms with Crippen LogP contribution in [0.15, 0.2) is 24.5 Å². The van der Waals surface area contributed by atoms with Crippen molar-refractivity contribution < 1.29 is 0 Å². The van der Waals surface area contributed by atoms with Crippen LogP contribution in [-0.2, 0) is 6.54 Å². The zero-order valence-corrected chi connectivity index (χ0v) is 7.62. The van der Waals surface area contributed by atoms with Gasteiger partial charge in [0, 0.05) is 25.5 Å². The number of nitrogens with zero attached hydrogens (tertiary/aromatic N) is 3. The number of rotatable bonds is 4. The summed E-state index contributed by atoms with van der Waals surface area (Å²) in [5, 5.41) is 11.7. The van der Waals surface area contributed by atoms with Gasteiger partial charge < -0.3 is 9.88 Å². The smallest absolute Gasteiger partial charge is 0.213 e. The number of hydrogen-bond acceptors (Lipinski definition) is 3. The SMILES string of the molecule is C=C(CNC)Cn1ccnc1C#N. The van der Waals surface area contributed by atoms with Gasteiger partial charge in [-0.3, -0.25) is 0 Å². The minimum absolute atomic E-state index is 0.428. The van der Waals surface area contributed by atoms with E-state index in [1.807, 2.05) is 13.1 Å². The number of hydrogen-bond donors (Lipinski definition) is 1. The van der Waals surface area contributed by atoms with Crippen molar-refractivity contribution in [1.29, 1.82) is 5.26 Å². The number of nitriles is 1. The molecule has 0 saturated heterocycles. The Morgan fingerprint density at radius 2 is 2.62 bits per heavy atom. The van der Waals surface area contributed by atoms with E-state index in [9.17, 15) is 0 Å². The second kappa shape index (κ2) is 4.43. The van der Waals surface area contributed by atoms with Gasteiger partial charge in [0.2, 0.25) is 5.82 Å². The van der Waals surface area contributed by atoms with E-state index in [2.05, 4.69) is 16.9 Å². The Balaban J connectivity index is 2.64.